The molecular formula is C41H38F6Zr. The van der Waals surface area contributed by atoms with Gasteiger partial charge in [0.05, 0.1) is 0 Å². The fraction of sp³-hybridized carbons (Fsp3) is 0.293. The summed E-state index contributed by atoms with van der Waals surface area (Å²) in [4.78, 5) is 0. The summed E-state index contributed by atoms with van der Waals surface area (Å²) < 4.78 is 83.2. The summed E-state index contributed by atoms with van der Waals surface area (Å²) in [6, 6.07) is 23.7. The van der Waals surface area contributed by atoms with Crippen LogP contribution in [0.5, 0.6) is 0 Å². The van der Waals surface area contributed by atoms with E-state index in [1.165, 1.54) is 46.5 Å². The molecular weight excluding hydrogens is 698 g/mol. The van der Waals surface area contributed by atoms with Crippen molar-refractivity contribution in [1.82, 2.24) is 0 Å². The third-order valence-corrected chi connectivity index (χ3v) is 18.1. The number of rotatable bonds is 4. The topological polar surface area (TPSA) is 0 Å². The molecule has 4 aromatic carbocycles. The molecule has 0 heterocycles. The Morgan fingerprint density at radius 1 is 0.500 bits per heavy atom. The molecule has 0 atom stereocenters. The molecule has 0 bridgehead atoms. The number of fused-ring (bicyclic) bond motifs is 3. The van der Waals surface area contributed by atoms with Crippen molar-refractivity contribution in [3.63, 3.8) is 0 Å². The van der Waals surface area contributed by atoms with Crippen LogP contribution in [0.3, 0.4) is 0 Å². The van der Waals surface area contributed by atoms with Gasteiger partial charge in [-0.1, -0.05) is 0 Å². The Kier molecular flexibility index (Phi) is 8.80. The third kappa shape index (κ3) is 6.64. The number of allylic oxidation sites excluding steroid dienone is 4. The van der Waals surface area contributed by atoms with E-state index in [2.05, 4.69) is 90.1 Å². The van der Waals surface area contributed by atoms with Gasteiger partial charge in [-0.25, -0.2) is 0 Å². The van der Waals surface area contributed by atoms with E-state index >= 15 is 0 Å². The van der Waals surface area contributed by atoms with Gasteiger partial charge in [-0.3, -0.25) is 0 Å². The number of hydrogen-bond donors (Lipinski definition) is 0. The molecule has 48 heavy (non-hydrogen) atoms. The van der Waals surface area contributed by atoms with Gasteiger partial charge in [-0.05, 0) is 0 Å². The molecule has 0 fully saturated rings. The summed E-state index contributed by atoms with van der Waals surface area (Å²) in [6.45, 7) is 13.0. The molecule has 0 saturated heterocycles. The molecule has 4 aromatic rings. The Balaban J connectivity index is 1.73. The van der Waals surface area contributed by atoms with E-state index < -0.39 is 44.7 Å². The average molecular weight is 736 g/mol. The maximum atomic E-state index is 13.7. The van der Waals surface area contributed by atoms with Crippen molar-refractivity contribution in [2.45, 2.75) is 72.0 Å². The van der Waals surface area contributed by atoms with E-state index in [0.29, 0.717) is 11.1 Å². The monoisotopic (exact) mass is 734 g/mol. The molecule has 7 heteroatoms. The van der Waals surface area contributed by atoms with Gasteiger partial charge < -0.3 is 0 Å². The van der Waals surface area contributed by atoms with Crippen LogP contribution in [-0.2, 0) is 44.4 Å². The van der Waals surface area contributed by atoms with Crippen LogP contribution < -0.4 is 0 Å². The first-order valence-electron chi connectivity index (χ1n) is 16.1. The van der Waals surface area contributed by atoms with Gasteiger partial charge in [-0.2, -0.15) is 0 Å². The number of benzene rings is 4. The van der Waals surface area contributed by atoms with Crippen LogP contribution in [0.4, 0.5) is 26.3 Å². The van der Waals surface area contributed by atoms with Gasteiger partial charge in [0.2, 0.25) is 0 Å². The summed E-state index contributed by atoms with van der Waals surface area (Å²) in [7, 11) is 0. The van der Waals surface area contributed by atoms with E-state index in [0.717, 1.165) is 38.6 Å². The normalized spacial score (nSPS) is 15.2. The minimum atomic E-state index is -4.51. The second-order valence-corrected chi connectivity index (χ2v) is 21.3. The van der Waals surface area contributed by atoms with Gasteiger partial charge in [0, 0.05) is 0 Å². The molecule has 2 aliphatic rings. The molecule has 2 aliphatic carbocycles. The van der Waals surface area contributed by atoms with Crippen LogP contribution in [0.15, 0.2) is 109 Å². The summed E-state index contributed by atoms with van der Waals surface area (Å²) >= 11 is -3.34. The molecule has 0 nitrogen and oxygen atoms in total. The summed E-state index contributed by atoms with van der Waals surface area (Å²) in [6.07, 6.45) is -0.667. The van der Waals surface area contributed by atoms with E-state index in [1.807, 2.05) is 12.2 Å². The van der Waals surface area contributed by atoms with Crippen molar-refractivity contribution < 1.29 is 47.6 Å². The molecule has 0 unspecified atom stereocenters. The number of hydrogen-bond acceptors (Lipinski definition) is 0. The summed E-state index contributed by atoms with van der Waals surface area (Å²) in [5.41, 5.74) is 6.52. The second-order valence-electron chi connectivity index (χ2n) is 14.8. The van der Waals surface area contributed by atoms with Crippen LogP contribution in [0.1, 0.15) is 89.7 Å². The van der Waals surface area contributed by atoms with Crippen molar-refractivity contribution >= 4 is 3.21 Å². The zero-order chi connectivity index (χ0) is 34.8. The first-order valence-corrected chi connectivity index (χ1v) is 20.1. The van der Waals surface area contributed by atoms with E-state index in [-0.39, 0.29) is 18.1 Å². The van der Waals surface area contributed by atoms with Crippen molar-refractivity contribution in [1.29, 1.82) is 0 Å². The summed E-state index contributed by atoms with van der Waals surface area (Å²) in [5, 5.41) is 0. The van der Waals surface area contributed by atoms with Crippen molar-refractivity contribution in [2.75, 3.05) is 0 Å². The first kappa shape index (κ1) is 34.6. The van der Waals surface area contributed by atoms with Gasteiger partial charge in [0.15, 0.2) is 0 Å². The van der Waals surface area contributed by atoms with Crippen LogP contribution in [0.25, 0.3) is 11.1 Å². The van der Waals surface area contributed by atoms with Crippen molar-refractivity contribution in [2.24, 2.45) is 0 Å². The van der Waals surface area contributed by atoms with Crippen LogP contribution >= 0.6 is 0 Å². The third-order valence-electron chi connectivity index (χ3n) is 9.46. The second kappa shape index (κ2) is 12.2. The van der Waals surface area contributed by atoms with E-state index in [4.69, 9.17) is 0 Å². The molecule has 0 radical (unpaired) electrons. The average Bonchev–Trinajstić information content (AvgIpc) is 3.64. The molecule has 0 N–H and O–H groups in total. The fourth-order valence-electron chi connectivity index (χ4n) is 6.82. The Morgan fingerprint density at radius 3 is 1.19 bits per heavy atom. The minimum absolute atomic E-state index is 0.0207. The number of halogens is 6. The Labute approximate surface area is 286 Å². The Hall–Kier alpha value is -3.31. The van der Waals surface area contributed by atoms with Crippen LogP contribution in [0.2, 0.25) is 3.63 Å². The van der Waals surface area contributed by atoms with Crippen LogP contribution in [0, 0.1) is 0 Å². The van der Waals surface area contributed by atoms with E-state index in [1.54, 1.807) is 0 Å². The fourth-order valence-corrected chi connectivity index (χ4v) is 16.1. The molecule has 0 aromatic heterocycles. The van der Waals surface area contributed by atoms with Crippen molar-refractivity contribution in [3.05, 3.63) is 154 Å². The first-order chi connectivity index (χ1) is 22.3. The Morgan fingerprint density at radius 2 is 0.854 bits per heavy atom. The molecule has 0 saturated carbocycles. The zero-order valence-corrected chi connectivity index (χ0v) is 30.3. The van der Waals surface area contributed by atoms with Gasteiger partial charge in [0.1, 0.15) is 0 Å². The van der Waals surface area contributed by atoms with E-state index in [9.17, 15) is 26.3 Å². The predicted octanol–water partition coefficient (Wildman–Crippen LogP) is 12.2. The van der Waals surface area contributed by atoms with Gasteiger partial charge >= 0.3 is 288 Å². The molecule has 6 rings (SSSR count). The summed E-state index contributed by atoms with van der Waals surface area (Å²) in [5.74, 6) is 0. The van der Waals surface area contributed by atoms with Gasteiger partial charge in [-0.15, -0.1) is 0 Å². The molecule has 0 spiro atoms. The zero-order valence-electron chi connectivity index (χ0n) is 27.8. The Bertz CT molecular complexity index is 1810. The predicted molar refractivity (Wildman–Crippen MR) is 179 cm³/mol. The number of alkyl halides is 6. The molecule has 0 amide bonds. The van der Waals surface area contributed by atoms with Crippen LogP contribution in [-0.4, -0.2) is 3.21 Å². The maximum absolute atomic E-state index is 13.7. The molecule has 248 valence electrons. The standard InChI is InChI=1S/C21H25.C15H8F6.C5H5.Zr/c1-20(2,3)16-7-9-18-14(12-16)11-15-13-17(21(4,5)6)8-10-19(15)18;16-14(17,18)12-5-1-10(2-6-12)9-11-3-7-13(8-4-11)15(19,20)21;1-2-4-5-3-1;/h7-13H,1-6H3;1-8H;1-5H;. The SMILES string of the molecule is CC(C)(C)c1ccc2c(c1)[CH]([Zr](=[C](c1ccc(C(F)(F)F)cc1)c1ccc(C(F)(F)F)cc1)[CH]1C=CC=C1)c1cc(C(C)(C)C)ccc1-2. The molecule has 0 aliphatic heterocycles. The van der Waals surface area contributed by atoms with Crippen molar-refractivity contribution in [3.8, 4) is 11.1 Å². The quantitative estimate of drug-likeness (QED) is 0.183. The van der Waals surface area contributed by atoms with Gasteiger partial charge in [0.25, 0.3) is 0 Å².